The standard InChI is InChI=1S/C14H14BrN3O3/c1-2-7-17-9-10(18(20)21)8-13(17)14(19)16-12-6-4-3-5-11(12)15/h3-6,8-9H,2,7H2,1H3,(H,16,19). The van der Waals surface area contributed by atoms with Gasteiger partial charge in [0.2, 0.25) is 0 Å². The van der Waals surface area contributed by atoms with Gasteiger partial charge in [-0.25, -0.2) is 0 Å². The van der Waals surface area contributed by atoms with Crippen LogP contribution in [-0.4, -0.2) is 15.4 Å². The van der Waals surface area contributed by atoms with E-state index in [4.69, 9.17) is 0 Å². The van der Waals surface area contributed by atoms with E-state index in [1.54, 1.807) is 16.7 Å². The van der Waals surface area contributed by atoms with Gasteiger partial charge < -0.3 is 9.88 Å². The van der Waals surface area contributed by atoms with Crippen LogP contribution in [0, 0.1) is 10.1 Å². The molecule has 0 aliphatic carbocycles. The molecular weight excluding hydrogens is 338 g/mol. The van der Waals surface area contributed by atoms with Gasteiger partial charge in [0.25, 0.3) is 11.6 Å². The predicted octanol–water partition coefficient (Wildman–Crippen LogP) is 3.82. The molecule has 1 amide bonds. The number of hydrogen-bond donors (Lipinski definition) is 1. The molecule has 2 aromatic rings. The molecule has 0 bridgehead atoms. The molecule has 0 unspecified atom stereocenters. The monoisotopic (exact) mass is 351 g/mol. The zero-order valence-electron chi connectivity index (χ0n) is 11.4. The highest BCUT2D eigenvalue weighted by atomic mass is 79.9. The van der Waals surface area contributed by atoms with Gasteiger partial charge >= 0.3 is 0 Å². The molecule has 0 radical (unpaired) electrons. The Hall–Kier alpha value is -2.15. The van der Waals surface area contributed by atoms with E-state index in [0.717, 1.165) is 10.9 Å². The number of halogens is 1. The SMILES string of the molecule is CCCn1cc([N+](=O)[O-])cc1C(=O)Nc1ccccc1Br. The topological polar surface area (TPSA) is 77.2 Å². The summed E-state index contributed by atoms with van der Waals surface area (Å²) < 4.78 is 2.35. The average molecular weight is 352 g/mol. The van der Waals surface area contributed by atoms with Crippen molar-refractivity contribution in [2.75, 3.05) is 5.32 Å². The Bertz CT molecular complexity index is 682. The third-order valence-electron chi connectivity index (χ3n) is 2.91. The van der Waals surface area contributed by atoms with E-state index in [-0.39, 0.29) is 17.3 Å². The second kappa shape index (κ2) is 6.53. The lowest BCUT2D eigenvalue weighted by Crippen LogP contribution is -2.17. The molecule has 7 heteroatoms. The smallest absolute Gasteiger partial charge is 0.287 e. The Balaban J connectivity index is 2.30. The van der Waals surface area contributed by atoms with Crippen molar-refractivity contribution in [3.05, 3.63) is 56.8 Å². The van der Waals surface area contributed by atoms with Crippen molar-refractivity contribution < 1.29 is 9.72 Å². The Kier molecular flexibility index (Phi) is 4.74. The van der Waals surface area contributed by atoms with Crippen LogP contribution in [0.4, 0.5) is 11.4 Å². The number of aromatic nitrogens is 1. The van der Waals surface area contributed by atoms with Crippen molar-refractivity contribution >= 4 is 33.2 Å². The first kappa shape index (κ1) is 15.2. The van der Waals surface area contributed by atoms with E-state index in [9.17, 15) is 14.9 Å². The second-order valence-corrected chi connectivity index (χ2v) is 5.32. The molecule has 0 fully saturated rings. The highest BCUT2D eigenvalue weighted by Crippen LogP contribution is 2.23. The van der Waals surface area contributed by atoms with Crippen LogP contribution >= 0.6 is 15.9 Å². The zero-order chi connectivity index (χ0) is 15.4. The van der Waals surface area contributed by atoms with Crippen LogP contribution in [0.1, 0.15) is 23.8 Å². The van der Waals surface area contributed by atoms with Crippen molar-refractivity contribution in [1.29, 1.82) is 0 Å². The van der Waals surface area contributed by atoms with Gasteiger partial charge in [-0.15, -0.1) is 0 Å². The van der Waals surface area contributed by atoms with Gasteiger partial charge in [-0.3, -0.25) is 14.9 Å². The molecular formula is C14H14BrN3O3. The summed E-state index contributed by atoms with van der Waals surface area (Å²) in [4.78, 5) is 22.7. The van der Waals surface area contributed by atoms with Crippen molar-refractivity contribution in [2.24, 2.45) is 0 Å². The molecule has 0 atom stereocenters. The number of rotatable bonds is 5. The number of hydrogen-bond acceptors (Lipinski definition) is 3. The minimum absolute atomic E-state index is 0.0827. The summed E-state index contributed by atoms with van der Waals surface area (Å²) >= 11 is 3.35. The van der Waals surface area contributed by atoms with Gasteiger partial charge in [-0.2, -0.15) is 0 Å². The lowest BCUT2D eigenvalue weighted by molar-refractivity contribution is -0.384. The number of aryl methyl sites for hydroxylation is 1. The minimum atomic E-state index is -0.499. The lowest BCUT2D eigenvalue weighted by Gasteiger charge is -2.09. The van der Waals surface area contributed by atoms with Crippen LogP contribution in [0.15, 0.2) is 41.0 Å². The van der Waals surface area contributed by atoms with E-state index in [2.05, 4.69) is 21.2 Å². The van der Waals surface area contributed by atoms with Gasteiger partial charge in [-0.1, -0.05) is 19.1 Å². The van der Waals surface area contributed by atoms with Crippen molar-refractivity contribution in [1.82, 2.24) is 4.57 Å². The summed E-state index contributed by atoms with van der Waals surface area (Å²) in [6, 6.07) is 8.49. The van der Waals surface area contributed by atoms with E-state index < -0.39 is 4.92 Å². The van der Waals surface area contributed by atoms with Gasteiger partial charge in [0.05, 0.1) is 16.8 Å². The first-order valence-electron chi connectivity index (χ1n) is 6.43. The molecule has 0 saturated heterocycles. The fourth-order valence-electron chi connectivity index (χ4n) is 1.96. The number of nitrogens with zero attached hydrogens (tertiary/aromatic N) is 2. The molecule has 110 valence electrons. The molecule has 1 aromatic carbocycles. The number of nitro groups is 1. The Morgan fingerprint density at radius 1 is 1.43 bits per heavy atom. The maximum atomic E-state index is 12.3. The summed E-state index contributed by atoms with van der Waals surface area (Å²) in [5.74, 6) is -0.372. The van der Waals surface area contributed by atoms with Gasteiger partial charge in [-0.05, 0) is 34.5 Å². The molecule has 1 aromatic heterocycles. The number of benzene rings is 1. The van der Waals surface area contributed by atoms with E-state index in [1.807, 2.05) is 19.1 Å². The van der Waals surface area contributed by atoms with Crippen LogP contribution in [-0.2, 0) is 6.54 Å². The fourth-order valence-corrected chi connectivity index (χ4v) is 2.34. The Labute approximate surface area is 130 Å². The normalized spacial score (nSPS) is 10.4. The highest BCUT2D eigenvalue weighted by molar-refractivity contribution is 9.10. The zero-order valence-corrected chi connectivity index (χ0v) is 13.0. The van der Waals surface area contributed by atoms with Crippen LogP contribution in [0.5, 0.6) is 0 Å². The van der Waals surface area contributed by atoms with E-state index >= 15 is 0 Å². The van der Waals surface area contributed by atoms with Crippen LogP contribution in [0.3, 0.4) is 0 Å². The average Bonchev–Trinajstić information content (AvgIpc) is 2.86. The summed E-state index contributed by atoms with van der Waals surface area (Å²) in [5.41, 5.74) is 0.814. The van der Waals surface area contributed by atoms with Crippen molar-refractivity contribution in [3.63, 3.8) is 0 Å². The maximum Gasteiger partial charge on any atom is 0.287 e. The number of para-hydroxylation sites is 1. The number of amides is 1. The molecule has 1 N–H and O–H groups in total. The Morgan fingerprint density at radius 3 is 2.76 bits per heavy atom. The minimum Gasteiger partial charge on any atom is -0.337 e. The van der Waals surface area contributed by atoms with Gasteiger partial charge in [0.1, 0.15) is 5.69 Å². The summed E-state index contributed by atoms with van der Waals surface area (Å²) in [5, 5.41) is 13.6. The fraction of sp³-hybridized carbons (Fsp3) is 0.214. The molecule has 0 spiro atoms. The van der Waals surface area contributed by atoms with Crippen molar-refractivity contribution in [2.45, 2.75) is 19.9 Å². The molecule has 0 aliphatic rings. The Morgan fingerprint density at radius 2 is 2.14 bits per heavy atom. The molecule has 21 heavy (non-hydrogen) atoms. The molecule has 0 aliphatic heterocycles. The first-order chi connectivity index (χ1) is 10.0. The summed E-state index contributed by atoms with van der Waals surface area (Å²) in [6.07, 6.45) is 2.17. The molecule has 1 heterocycles. The lowest BCUT2D eigenvalue weighted by atomic mass is 10.3. The highest BCUT2D eigenvalue weighted by Gasteiger charge is 2.19. The third-order valence-corrected chi connectivity index (χ3v) is 3.60. The molecule has 0 saturated carbocycles. The predicted molar refractivity (Wildman–Crippen MR) is 83.5 cm³/mol. The number of carbonyl (C=O) groups is 1. The molecule has 2 rings (SSSR count). The van der Waals surface area contributed by atoms with E-state index in [0.29, 0.717) is 12.2 Å². The summed E-state index contributed by atoms with van der Waals surface area (Å²) in [6.45, 7) is 2.49. The number of carbonyl (C=O) groups excluding carboxylic acids is 1. The van der Waals surface area contributed by atoms with Crippen LogP contribution < -0.4 is 5.32 Å². The van der Waals surface area contributed by atoms with E-state index in [1.165, 1.54) is 12.3 Å². The summed E-state index contributed by atoms with van der Waals surface area (Å²) in [7, 11) is 0. The van der Waals surface area contributed by atoms with Crippen LogP contribution in [0.2, 0.25) is 0 Å². The second-order valence-electron chi connectivity index (χ2n) is 4.47. The number of nitrogens with one attached hydrogen (secondary N) is 1. The molecule has 6 nitrogen and oxygen atoms in total. The largest absolute Gasteiger partial charge is 0.337 e. The van der Waals surface area contributed by atoms with Gasteiger partial charge in [0.15, 0.2) is 0 Å². The quantitative estimate of drug-likeness (QED) is 0.656. The number of anilines is 1. The van der Waals surface area contributed by atoms with Crippen molar-refractivity contribution in [3.8, 4) is 0 Å². The van der Waals surface area contributed by atoms with Crippen LogP contribution in [0.25, 0.3) is 0 Å². The third kappa shape index (κ3) is 3.49. The first-order valence-corrected chi connectivity index (χ1v) is 7.22. The van der Waals surface area contributed by atoms with Gasteiger partial charge in [0, 0.05) is 17.1 Å². The maximum absolute atomic E-state index is 12.3.